The third-order valence-electron chi connectivity index (χ3n) is 10.1. The van der Waals surface area contributed by atoms with Crippen molar-refractivity contribution < 1.29 is 33.6 Å². The number of carbonyl (C=O) groups is 2. The zero-order valence-corrected chi connectivity index (χ0v) is 19.1. The maximum Gasteiger partial charge on any atom is 0.309 e. The highest BCUT2D eigenvalue weighted by Gasteiger charge is 2.79. The van der Waals surface area contributed by atoms with E-state index >= 15 is 0 Å². The topological polar surface area (TPSA) is 91.3 Å². The van der Waals surface area contributed by atoms with Gasteiger partial charge in [0.15, 0.2) is 6.29 Å². The fourth-order valence-electron chi connectivity index (χ4n) is 9.06. The maximum absolute atomic E-state index is 12.6. The minimum Gasteiger partial charge on any atom is -0.469 e. The number of fused-ring (bicyclic) bond motifs is 1. The SMILES string of the molecule is COC(=O)[C@@H]1CC[C@H]2[C@]1(C)CC[C@@H]1[C@]23CC[C@@]2(O)C[C@@H](OC(C)=O)CC[C@@]12[C@H](OC)O3. The number of methoxy groups -OCH3 is 2. The van der Waals surface area contributed by atoms with Gasteiger partial charge in [-0.15, -0.1) is 0 Å². The van der Waals surface area contributed by atoms with Crippen LogP contribution in [0.5, 0.6) is 0 Å². The van der Waals surface area contributed by atoms with Crippen molar-refractivity contribution in [2.45, 2.75) is 95.2 Å². The van der Waals surface area contributed by atoms with Crippen LogP contribution in [0.2, 0.25) is 0 Å². The lowest BCUT2D eigenvalue weighted by Gasteiger charge is -2.63. The summed E-state index contributed by atoms with van der Waals surface area (Å²) in [5.41, 5.74) is -2.01. The Morgan fingerprint density at radius 3 is 2.45 bits per heavy atom. The van der Waals surface area contributed by atoms with Crippen LogP contribution in [-0.4, -0.2) is 54.9 Å². The molecule has 1 spiro atoms. The Morgan fingerprint density at radius 1 is 1.00 bits per heavy atom. The first-order chi connectivity index (χ1) is 14.7. The van der Waals surface area contributed by atoms with E-state index in [1.54, 1.807) is 7.11 Å². The second kappa shape index (κ2) is 6.91. The molecule has 9 atom stereocenters. The first-order valence-corrected chi connectivity index (χ1v) is 11.8. The molecule has 4 aliphatic carbocycles. The predicted molar refractivity (Wildman–Crippen MR) is 110 cm³/mol. The Balaban J connectivity index is 1.53. The van der Waals surface area contributed by atoms with Crippen molar-refractivity contribution in [3.8, 4) is 0 Å². The number of ether oxygens (including phenoxy) is 4. The summed E-state index contributed by atoms with van der Waals surface area (Å²) in [6, 6.07) is 0. The molecule has 0 aromatic carbocycles. The predicted octanol–water partition coefficient (Wildman–Crippen LogP) is 2.97. The highest BCUT2D eigenvalue weighted by Crippen LogP contribution is 2.75. The van der Waals surface area contributed by atoms with E-state index in [0.29, 0.717) is 19.3 Å². The summed E-state index contributed by atoms with van der Waals surface area (Å²) in [6.07, 6.45) is 6.08. The van der Waals surface area contributed by atoms with Crippen LogP contribution < -0.4 is 0 Å². The molecule has 1 heterocycles. The quantitative estimate of drug-likeness (QED) is 0.680. The van der Waals surface area contributed by atoms with Crippen molar-refractivity contribution in [2.75, 3.05) is 14.2 Å². The minimum absolute atomic E-state index is 0.0977. The number of hydrogen-bond donors (Lipinski definition) is 1. The van der Waals surface area contributed by atoms with E-state index in [1.165, 1.54) is 14.0 Å². The minimum atomic E-state index is -0.981. The first-order valence-electron chi connectivity index (χ1n) is 11.8. The molecule has 0 aromatic rings. The van der Waals surface area contributed by atoms with Crippen molar-refractivity contribution in [1.82, 2.24) is 0 Å². The van der Waals surface area contributed by atoms with Gasteiger partial charge in [0, 0.05) is 26.4 Å². The van der Waals surface area contributed by atoms with Crippen molar-refractivity contribution >= 4 is 11.9 Å². The van der Waals surface area contributed by atoms with Gasteiger partial charge in [-0.1, -0.05) is 6.92 Å². The molecular formula is C24H36O7. The average Bonchev–Trinajstić information content (AvgIpc) is 3.19. The van der Waals surface area contributed by atoms with E-state index in [1.807, 2.05) is 0 Å². The summed E-state index contributed by atoms with van der Waals surface area (Å²) in [4.78, 5) is 24.2. The third kappa shape index (κ3) is 2.57. The second-order valence-corrected chi connectivity index (χ2v) is 11.0. The zero-order valence-electron chi connectivity index (χ0n) is 19.1. The Labute approximate surface area is 184 Å². The molecule has 1 aliphatic heterocycles. The molecule has 4 saturated carbocycles. The number of carbonyl (C=O) groups excluding carboxylic acids is 2. The summed E-state index contributed by atoms with van der Waals surface area (Å²) in [5, 5.41) is 12.0. The van der Waals surface area contributed by atoms with Crippen LogP contribution in [0.4, 0.5) is 0 Å². The molecule has 0 amide bonds. The number of hydrogen-bond acceptors (Lipinski definition) is 7. The van der Waals surface area contributed by atoms with Gasteiger partial charge in [-0.25, -0.2) is 0 Å². The van der Waals surface area contributed by atoms with Gasteiger partial charge in [0.25, 0.3) is 0 Å². The Bertz CT molecular complexity index is 784. The summed E-state index contributed by atoms with van der Waals surface area (Å²) in [5.74, 6) is -0.0782. The smallest absolute Gasteiger partial charge is 0.309 e. The molecule has 0 aromatic heterocycles. The molecule has 0 unspecified atom stereocenters. The molecular weight excluding hydrogens is 400 g/mol. The molecule has 1 saturated heterocycles. The monoisotopic (exact) mass is 436 g/mol. The normalized spacial score (nSPS) is 52.6. The van der Waals surface area contributed by atoms with E-state index in [2.05, 4.69) is 6.92 Å². The standard InChI is InChI=1S/C24H36O7/c1-14(25)30-15-7-10-23-18-8-9-21(2)16(19(26)28-3)5-6-17(21)24(18,31-20(23)29-4)12-11-22(23,27)13-15/h15-18,20,27H,5-13H2,1-4H3/t15-,16-,17-,18-,20+,21+,22+,23-,24-/m0/s1. The lowest BCUT2D eigenvalue weighted by Crippen LogP contribution is -2.67. The summed E-state index contributed by atoms with van der Waals surface area (Å²) in [7, 11) is 3.15. The molecule has 0 radical (unpaired) electrons. The van der Waals surface area contributed by atoms with Crippen LogP contribution in [0, 0.1) is 28.6 Å². The highest BCUT2D eigenvalue weighted by atomic mass is 16.7. The molecule has 7 nitrogen and oxygen atoms in total. The third-order valence-corrected chi connectivity index (χ3v) is 10.1. The lowest BCUT2D eigenvalue weighted by atomic mass is 9.42. The number of esters is 2. The van der Waals surface area contributed by atoms with E-state index in [-0.39, 0.29) is 46.8 Å². The Morgan fingerprint density at radius 2 is 1.77 bits per heavy atom. The van der Waals surface area contributed by atoms with Crippen LogP contribution in [-0.2, 0) is 28.5 Å². The van der Waals surface area contributed by atoms with E-state index in [4.69, 9.17) is 18.9 Å². The summed E-state index contributed by atoms with van der Waals surface area (Å²) >= 11 is 0. The van der Waals surface area contributed by atoms with Crippen LogP contribution in [0.15, 0.2) is 0 Å². The van der Waals surface area contributed by atoms with Gasteiger partial charge < -0.3 is 24.1 Å². The lowest BCUT2D eigenvalue weighted by molar-refractivity contribution is -0.241. The van der Waals surface area contributed by atoms with E-state index in [0.717, 1.165) is 38.5 Å². The highest BCUT2D eigenvalue weighted by molar-refractivity contribution is 5.74. The van der Waals surface area contributed by atoms with Gasteiger partial charge in [0.05, 0.1) is 29.6 Å². The van der Waals surface area contributed by atoms with Gasteiger partial charge in [-0.2, -0.15) is 0 Å². The molecule has 5 aliphatic rings. The second-order valence-electron chi connectivity index (χ2n) is 11.0. The van der Waals surface area contributed by atoms with Crippen LogP contribution in [0.25, 0.3) is 0 Å². The van der Waals surface area contributed by atoms with Crippen LogP contribution >= 0.6 is 0 Å². The summed E-state index contributed by atoms with van der Waals surface area (Å²) < 4.78 is 23.5. The molecule has 174 valence electrons. The van der Waals surface area contributed by atoms with Crippen molar-refractivity contribution in [2.24, 2.45) is 28.6 Å². The van der Waals surface area contributed by atoms with E-state index < -0.39 is 17.3 Å². The molecule has 5 rings (SSSR count). The largest absolute Gasteiger partial charge is 0.469 e. The van der Waals surface area contributed by atoms with Gasteiger partial charge >= 0.3 is 11.9 Å². The average molecular weight is 437 g/mol. The molecule has 31 heavy (non-hydrogen) atoms. The number of rotatable bonds is 3. The Hall–Kier alpha value is -1.18. The molecule has 2 bridgehead atoms. The van der Waals surface area contributed by atoms with Crippen molar-refractivity contribution in [1.29, 1.82) is 0 Å². The maximum atomic E-state index is 12.6. The van der Waals surface area contributed by atoms with Gasteiger partial charge in [0.1, 0.15) is 6.10 Å². The fourth-order valence-corrected chi connectivity index (χ4v) is 9.06. The van der Waals surface area contributed by atoms with Gasteiger partial charge in [-0.3, -0.25) is 9.59 Å². The fraction of sp³-hybridized carbons (Fsp3) is 0.917. The van der Waals surface area contributed by atoms with Gasteiger partial charge in [0.2, 0.25) is 0 Å². The van der Waals surface area contributed by atoms with Crippen LogP contribution in [0.1, 0.15) is 71.6 Å². The first kappa shape index (κ1) is 21.7. The van der Waals surface area contributed by atoms with Crippen molar-refractivity contribution in [3.63, 3.8) is 0 Å². The van der Waals surface area contributed by atoms with Crippen molar-refractivity contribution in [3.05, 3.63) is 0 Å². The van der Waals surface area contributed by atoms with Crippen LogP contribution in [0.3, 0.4) is 0 Å². The number of aliphatic hydroxyl groups is 1. The van der Waals surface area contributed by atoms with E-state index in [9.17, 15) is 14.7 Å². The Kier molecular flexibility index (Phi) is 4.83. The molecule has 1 N–H and O–H groups in total. The molecule has 7 heteroatoms. The zero-order chi connectivity index (χ0) is 22.2. The van der Waals surface area contributed by atoms with Gasteiger partial charge in [-0.05, 0) is 62.7 Å². The summed E-state index contributed by atoms with van der Waals surface area (Å²) in [6.45, 7) is 3.67. The molecule has 5 fully saturated rings.